The Morgan fingerprint density at radius 3 is 2.93 bits per heavy atom. The van der Waals surface area contributed by atoms with Gasteiger partial charge in [0.2, 0.25) is 0 Å². The van der Waals surface area contributed by atoms with Gasteiger partial charge in [0.05, 0.1) is 7.11 Å². The number of rotatable bonds is 2. The average Bonchev–Trinajstić information content (AvgIpc) is 2.27. The third kappa shape index (κ3) is 1.89. The number of ketones is 1. The summed E-state index contributed by atoms with van der Waals surface area (Å²) >= 11 is 0. The molecule has 2 rings (SSSR count). The van der Waals surface area contributed by atoms with E-state index in [0.29, 0.717) is 0 Å². The first-order chi connectivity index (χ1) is 7.22. The van der Waals surface area contributed by atoms with Gasteiger partial charge in [-0.05, 0) is 49.4 Å². The molecular weight excluding hydrogens is 188 g/mol. The van der Waals surface area contributed by atoms with Gasteiger partial charge < -0.3 is 4.74 Å². The van der Waals surface area contributed by atoms with E-state index < -0.39 is 0 Å². The standard InChI is InChI=1S/C13H16O2/c1-9(14)12-5-3-4-10-8-11(15-2)6-7-13(10)12/h6-8,12H,3-5H2,1-2H3. The van der Waals surface area contributed by atoms with Crippen molar-refractivity contribution in [1.29, 1.82) is 0 Å². The van der Waals surface area contributed by atoms with Crippen LogP contribution in [-0.2, 0) is 11.2 Å². The van der Waals surface area contributed by atoms with Crippen LogP contribution in [0.25, 0.3) is 0 Å². The minimum absolute atomic E-state index is 0.111. The number of fused-ring (bicyclic) bond motifs is 1. The topological polar surface area (TPSA) is 26.3 Å². The van der Waals surface area contributed by atoms with Crippen molar-refractivity contribution in [3.8, 4) is 5.75 Å². The molecule has 2 nitrogen and oxygen atoms in total. The molecule has 0 spiro atoms. The zero-order valence-corrected chi connectivity index (χ0v) is 9.25. The summed E-state index contributed by atoms with van der Waals surface area (Å²) in [5.74, 6) is 1.28. The molecular formula is C13H16O2. The molecule has 0 bridgehead atoms. The summed E-state index contributed by atoms with van der Waals surface area (Å²) in [6.07, 6.45) is 3.16. The number of ether oxygens (including phenoxy) is 1. The maximum absolute atomic E-state index is 11.5. The number of hydrogen-bond acceptors (Lipinski definition) is 2. The second-order valence-corrected chi connectivity index (χ2v) is 4.12. The molecule has 1 unspecified atom stereocenters. The number of aryl methyl sites for hydroxylation is 1. The summed E-state index contributed by atoms with van der Waals surface area (Å²) in [5, 5.41) is 0. The molecule has 80 valence electrons. The first kappa shape index (κ1) is 10.2. The Balaban J connectivity index is 2.40. The van der Waals surface area contributed by atoms with Crippen LogP contribution in [0.5, 0.6) is 5.75 Å². The zero-order valence-electron chi connectivity index (χ0n) is 9.25. The van der Waals surface area contributed by atoms with Crippen molar-refractivity contribution in [3.05, 3.63) is 29.3 Å². The Morgan fingerprint density at radius 2 is 2.27 bits per heavy atom. The highest BCUT2D eigenvalue weighted by molar-refractivity contribution is 5.84. The lowest BCUT2D eigenvalue weighted by atomic mass is 9.81. The number of Topliss-reactive ketones (excluding diaryl/α,β-unsaturated/α-hetero) is 1. The van der Waals surface area contributed by atoms with Crippen LogP contribution in [0, 0.1) is 0 Å². The molecule has 0 radical (unpaired) electrons. The number of methoxy groups -OCH3 is 1. The molecule has 0 heterocycles. The number of carbonyl (C=O) groups is 1. The summed E-state index contributed by atoms with van der Waals surface area (Å²) in [7, 11) is 1.67. The first-order valence-electron chi connectivity index (χ1n) is 5.39. The van der Waals surface area contributed by atoms with Crippen molar-refractivity contribution in [1.82, 2.24) is 0 Å². The van der Waals surface area contributed by atoms with Crippen LogP contribution in [0.4, 0.5) is 0 Å². The second kappa shape index (κ2) is 4.05. The van der Waals surface area contributed by atoms with E-state index in [4.69, 9.17) is 4.74 Å². The van der Waals surface area contributed by atoms with Gasteiger partial charge >= 0.3 is 0 Å². The minimum atomic E-state index is 0.111. The van der Waals surface area contributed by atoms with Crippen LogP contribution < -0.4 is 4.74 Å². The van der Waals surface area contributed by atoms with E-state index in [-0.39, 0.29) is 11.7 Å². The van der Waals surface area contributed by atoms with Crippen molar-refractivity contribution in [3.63, 3.8) is 0 Å². The zero-order chi connectivity index (χ0) is 10.8. The van der Waals surface area contributed by atoms with E-state index in [1.54, 1.807) is 14.0 Å². The SMILES string of the molecule is COc1ccc2c(c1)CCCC2C(C)=O. The quantitative estimate of drug-likeness (QED) is 0.740. The third-order valence-electron chi connectivity index (χ3n) is 3.16. The van der Waals surface area contributed by atoms with E-state index in [2.05, 4.69) is 6.07 Å². The maximum Gasteiger partial charge on any atom is 0.137 e. The second-order valence-electron chi connectivity index (χ2n) is 4.12. The van der Waals surface area contributed by atoms with E-state index in [1.807, 2.05) is 12.1 Å². The number of hydrogen-bond donors (Lipinski definition) is 0. The van der Waals surface area contributed by atoms with Gasteiger partial charge in [0, 0.05) is 5.92 Å². The molecule has 2 heteroatoms. The van der Waals surface area contributed by atoms with Gasteiger partial charge in [-0.25, -0.2) is 0 Å². The minimum Gasteiger partial charge on any atom is -0.497 e. The van der Waals surface area contributed by atoms with Crippen LogP contribution in [0.15, 0.2) is 18.2 Å². The van der Waals surface area contributed by atoms with Crippen LogP contribution >= 0.6 is 0 Å². The molecule has 1 aliphatic carbocycles. The Kier molecular flexibility index (Phi) is 2.76. The molecule has 0 fully saturated rings. The van der Waals surface area contributed by atoms with Gasteiger partial charge in [-0.1, -0.05) is 6.07 Å². The fraction of sp³-hybridized carbons (Fsp3) is 0.462. The third-order valence-corrected chi connectivity index (χ3v) is 3.16. The summed E-state index contributed by atoms with van der Waals surface area (Å²) < 4.78 is 5.19. The molecule has 0 saturated carbocycles. The molecule has 1 atom stereocenters. The Bertz CT molecular complexity index is 382. The van der Waals surface area contributed by atoms with E-state index in [1.165, 1.54) is 11.1 Å². The Labute approximate surface area is 90.3 Å². The number of benzene rings is 1. The normalized spacial score (nSPS) is 19.5. The number of carbonyl (C=O) groups excluding carboxylic acids is 1. The lowest BCUT2D eigenvalue weighted by Gasteiger charge is -2.23. The van der Waals surface area contributed by atoms with E-state index in [9.17, 15) is 4.79 Å². The maximum atomic E-state index is 11.5. The van der Waals surface area contributed by atoms with Crippen molar-refractivity contribution in [2.75, 3.05) is 7.11 Å². The van der Waals surface area contributed by atoms with Gasteiger partial charge in [0.1, 0.15) is 11.5 Å². The lowest BCUT2D eigenvalue weighted by Crippen LogP contribution is -2.16. The smallest absolute Gasteiger partial charge is 0.137 e. The summed E-state index contributed by atoms with van der Waals surface area (Å²) in [5.41, 5.74) is 2.48. The predicted molar refractivity (Wildman–Crippen MR) is 59.4 cm³/mol. The summed E-state index contributed by atoms with van der Waals surface area (Å²) in [6.45, 7) is 1.68. The Hall–Kier alpha value is -1.31. The summed E-state index contributed by atoms with van der Waals surface area (Å²) in [6, 6.07) is 6.05. The largest absolute Gasteiger partial charge is 0.497 e. The van der Waals surface area contributed by atoms with Crippen molar-refractivity contribution in [2.24, 2.45) is 0 Å². The molecule has 1 aromatic rings. The van der Waals surface area contributed by atoms with Crippen molar-refractivity contribution < 1.29 is 9.53 Å². The summed E-state index contributed by atoms with van der Waals surface area (Å²) in [4.78, 5) is 11.5. The molecule has 0 aromatic heterocycles. The van der Waals surface area contributed by atoms with Crippen LogP contribution in [0.2, 0.25) is 0 Å². The van der Waals surface area contributed by atoms with Gasteiger partial charge in [0.15, 0.2) is 0 Å². The molecule has 0 aliphatic heterocycles. The molecule has 0 N–H and O–H groups in total. The van der Waals surface area contributed by atoms with E-state index >= 15 is 0 Å². The molecule has 0 saturated heterocycles. The first-order valence-corrected chi connectivity index (χ1v) is 5.39. The van der Waals surface area contributed by atoms with Crippen LogP contribution in [-0.4, -0.2) is 12.9 Å². The molecule has 0 amide bonds. The molecule has 15 heavy (non-hydrogen) atoms. The van der Waals surface area contributed by atoms with Crippen molar-refractivity contribution in [2.45, 2.75) is 32.1 Å². The molecule has 1 aromatic carbocycles. The average molecular weight is 204 g/mol. The Morgan fingerprint density at radius 1 is 1.47 bits per heavy atom. The fourth-order valence-corrected chi connectivity index (χ4v) is 2.34. The highest BCUT2D eigenvalue weighted by atomic mass is 16.5. The van der Waals surface area contributed by atoms with Gasteiger partial charge in [-0.15, -0.1) is 0 Å². The van der Waals surface area contributed by atoms with Crippen molar-refractivity contribution >= 4 is 5.78 Å². The van der Waals surface area contributed by atoms with Crippen LogP contribution in [0.1, 0.15) is 36.8 Å². The highest BCUT2D eigenvalue weighted by Crippen LogP contribution is 2.34. The highest BCUT2D eigenvalue weighted by Gasteiger charge is 2.23. The van der Waals surface area contributed by atoms with E-state index in [0.717, 1.165) is 25.0 Å². The molecule has 1 aliphatic rings. The van der Waals surface area contributed by atoms with Crippen LogP contribution in [0.3, 0.4) is 0 Å². The van der Waals surface area contributed by atoms with Gasteiger partial charge in [-0.3, -0.25) is 4.79 Å². The van der Waals surface area contributed by atoms with Gasteiger partial charge in [-0.2, -0.15) is 0 Å². The predicted octanol–water partition coefficient (Wildman–Crippen LogP) is 2.70. The lowest BCUT2D eigenvalue weighted by molar-refractivity contribution is -0.118. The fourth-order valence-electron chi connectivity index (χ4n) is 2.34. The monoisotopic (exact) mass is 204 g/mol. The van der Waals surface area contributed by atoms with Gasteiger partial charge in [0.25, 0.3) is 0 Å².